The minimum Gasteiger partial charge on any atom is -0.316 e. The predicted molar refractivity (Wildman–Crippen MR) is 80.2 cm³/mol. The summed E-state index contributed by atoms with van der Waals surface area (Å²) in [6.45, 7) is 6.15. The van der Waals surface area contributed by atoms with Crippen LogP contribution in [0.15, 0.2) is 16.9 Å². The van der Waals surface area contributed by atoms with Gasteiger partial charge in [0.25, 0.3) is 0 Å². The van der Waals surface area contributed by atoms with Gasteiger partial charge >= 0.3 is 0 Å². The highest BCUT2D eigenvalue weighted by molar-refractivity contribution is 9.10. The summed E-state index contributed by atoms with van der Waals surface area (Å²) in [4.78, 5) is 2.65. The van der Waals surface area contributed by atoms with Gasteiger partial charge in [-0.15, -0.1) is 0 Å². The van der Waals surface area contributed by atoms with E-state index in [1.165, 1.54) is 58.4 Å². The van der Waals surface area contributed by atoms with Crippen LogP contribution in [0.5, 0.6) is 0 Å². The molecule has 1 unspecified atom stereocenters. The lowest BCUT2D eigenvalue weighted by molar-refractivity contribution is 0.148. The molecule has 0 saturated carbocycles. The van der Waals surface area contributed by atoms with Crippen molar-refractivity contribution < 1.29 is 0 Å². The number of halogens is 1. The first-order valence-corrected chi connectivity index (χ1v) is 8.23. The van der Waals surface area contributed by atoms with E-state index in [2.05, 4.69) is 42.1 Å². The lowest BCUT2D eigenvalue weighted by atomic mass is 9.97. The van der Waals surface area contributed by atoms with Crippen LogP contribution in [0.1, 0.15) is 31.7 Å². The molecule has 19 heavy (non-hydrogen) atoms. The van der Waals surface area contributed by atoms with Crippen molar-refractivity contribution in [2.45, 2.75) is 31.7 Å². The molecule has 2 fully saturated rings. The molecule has 3 rings (SSSR count). The minimum absolute atomic E-state index is 0.590. The van der Waals surface area contributed by atoms with Crippen LogP contribution in [0.2, 0.25) is 0 Å². The van der Waals surface area contributed by atoms with E-state index in [-0.39, 0.29) is 0 Å². The summed E-state index contributed by atoms with van der Waals surface area (Å²) >= 11 is 3.48. The number of hydrogen-bond donors (Lipinski definition) is 1. The Morgan fingerprint density at radius 1 is 1.32 bits per heavy atom. The average Bonchev–Trinajstić information content (AvgIpc) is 2.87. The highest BCUT2D eigenvalue weighted by Crippen LogP contribution is 2.24. The van der Waals surface area contributed by atoms with Gasteiger partial charge in [-0.3, -0.25) is 4.68 Å². The first-order chi connectivity index (χ1) is 9.31. The van der Waals surface area contributed by atoms with Gasteiger partial charge in [-0.2, -0.15) is 5.10 Å². The third kappa shape index (κ3) is 3.58. The van der Waals surface area contributed by atoms with Crippen molar-refractivity contribution in [2.24, 2.45) is 5.92 Å². The molecule has 0 aliphatic carbocycles. The zero-order valence-corrected chi connectivity index (χ0v) is 13.0. The van der Waals surface area contributed by atoms with Crippen molar-refractivity contribution in [3.05, 3.63) is 16.9 Å². The van der Waals surface area contributed by atoms with Gasteiger partial charge in [-0.25, -0.2) is 0 Å². The van der Waals surface area contributed by atoms with Gasteiger partial charge < -0.3 is 10.2 Å². The lowest BCUT2D eigenvalue weighted by Crippen LogP contribution is -2.42. The smallest absolute Gasteiger partial charge is 0.0632 e. The Labute approximate surface area is 123 Å². The molecule has 0 spiro atoms. The first kappa shape index (κ1) is 13.6. The fourth-order valence-corrected chi connectivity index (χ4v) is 3.63. The van der Waals surface area contributed by atoms with Gasteiger partial charge in [0.05, 0.1) is 16.7 Å². The van der Waals surface area contributed by atoms with Crippen LogP contribution >= 0.6 is 15.9 Å². The van der Waals surface area contributed by atoms with Gasteiger partial charge in [0.2, 0.25) is 0 Å². The molecule has 1 aromatic rings. The monoisotopic (exact) mass is 326 g/mol. The van der Waals surface area contributed by atoms with Crippen LogP contribution in [0.4, 0.5) is 0 Å². The number of rotatable bonds is 3. The topological polar surface area (TPSA) is 33.1 Å². The number of piperidine rings is 2. The molecule has 2 saturated heterocycles. The average molecular weight is 327 g/mol. The predicted octanol–water partition coefficient (Wildman–Crippen LogP) is 2.28. The molecule has 1 N–H and O–H groups in total. The Bertz CT molecular complexity index is 392. The van der Waals surface area contributed by atoms with Gasteiger partial charge in [0.1, 0.15) is 0 Å². The number of nitrogens with zero attached hydrogens (tertiary/aromatic N) is 3. The number of hydrogen-bond acceptors (Lipinski definition) is 3. The summed E-state index contributed by atoms with van der Waals surface area (Å²) in [5, 5.41) is 7.94. The second kappa shape index (κ2) is 6.37. The zero-order chi connectivity index (χ0) is 13.1. The normalized spacial score (nSPS) is 26.7. The van der Waals surface area contributed by atoms with Gasteiger partial charge in [0.15, 0.2) is 0 Å². The minimum atomic E-state index is 0.590. The molecule has 106 valence electrons. The molecule has 0 aromatic carbocycles. The Balaban J connectivity index is 1.46. The van der Waals surface area contributed by atoms with E-state index in [0.29, 0.717) is 6.04 Å². The third-order valence-electron chi connectivity index (χ3n) is 4.42. The second-order valence-electron chi connectivity index (χ2n) is 5.88. The molecule has 1 atom stereocenters. The van der Waals surface area contributed by atoms with Crippen LogP contribution in [-0.4, -0.2) is 47.4 Å². The fourth-order valence-electron chi connectivity index (χ4n) is 3.33. The zero-order valence-electron chi connectivity index (χ0n) is 11.4. The molecule has 0 amide bonds. The van der Waals surface area contributed by atoms with E-state index in [9.17, 15) is 0 Å². The SMILES string of the molecule is Brc1cnn(C2CCN(CC3CCCNC3)CC2)c1. The molecule has 0 bridgehead atoms. The van der Waals surface area contributed by atoms with Crippen LogP contribution in [0.25, 0.3) is 0 Å². The largest absolute Gasteiger partial charge is 0.316 e. The Hall–Kier alpha value is -0.390. The summed E-state index contributed by atoms with van der Waals surface area (Å²) in [5.74, 6) is 0.865. The van der Waals surface area contributed by atoms with E-state index in [1.807, 2.05) is 6.20 Å². The van der Waals surface area contributed by atoms with Crippen molar-refractivity contribution in [3.63, 3.8) is 0 Å². The summed E-state index contributed by atoms with van der Waals surface area (Å²) in [7, 11) is 0. The van der Waals surface area contributed by atoms with Gasteiger partial charge in [0, 0.05) is 25.8 Å². The van der Waals surface area contributed by atoms with Crippen LogP contribution in [0, 0.1) is 5.92 Å². The molecule has 2 aliphatic rings. The first-order valence-electron chi connectivity index (χ1n) is 7.44. The van der Waals surface area contributed by atoms with E-state index >= 15 is 0 Å². The van der Waals surface area contributed by atoms with Crippen LogP contribution < -0.4 is 5.32 Å². The maximum absolute atomic E-state index is 4.42. The van der Waals surface area contributed by atoms with Crippen molar-refractivity contribution in [1.82, 2.24) is 20.0 Å². The van der Waals surface area contributed by atoms with E-state index in [1.54, 1.807) is 0 Å². The van der Waals surface area contributed by atoms with Crippen LogP contribution in [0.3, 0.4) is 0 Å². The third-order valence-corrected chi connectivity index (χ3v) is 4.83. The van der Waals surface area contributed by atoms with Gasteiger partial charge in [-0.1, -0.05) is 0 Å². The highest BCUT2D eigenvalue weighted by atomic mass is 79.9. The molecule has 1 aromatic heterocycles. The Morgan fingerprint density at radius 2 is 2.16 bits per heavy atom. The molecule has 4 nitrogen and oxygen atoms in total. The summed E-state index contributed by atoms with van der Waals surface area (Å²) in [6.07, 6.45) is 9.20. The molecule has 2 aliphatic heterocycles. The van der Waals surface area contributed by atoms with Crippen molar-refractivity contribution in [3.8, 4) is 0 Å². The maximum Gasteiger partial charge on any atom is 0.0632 e. The Morgan fingerprint density at radius 3 is 2.79 bits per heavy atom. The number of aromatic nitrogens is 2. The van der Waals surface area contributed by atoms with Crippen molar-refractivity contribution >= 4 is 15.9 Å². The van der Waals surface area contributed by atoms with E-state index in [4.69, 9.17) is 0 Å². The molecule has 3 heterocycles. The molecule has 5 heteroatoms. The summed E-state index contributed by atoms with van der Waals surface area (Å²) in [5.41, 5.74) is 0. The fraction of sp³-hybridized carbons (Fsp3) is 0.786. The van der Waals surface area contributed by atoms with E-state index < -0.39 is 0 Å². The Kier molecular flexibility index (Phi) is 4.56. The summed E-state index contributed by atoms with van der Waals surface area (Å²) < 4.78 is 3.21. The van der Waals surface area contributed by atoms with Crippen molar-refractivity contribution in [1.29, 1.82) is 0 Å². The molecular weight excluding hydrogens is 304 g/mol. The van der Waals surface area contributed by atoms with E-state index in [0.717, 1.165) is 10.4 Å². The molecular formula is C14H23BrN4. The quantitative estimate of drug-likeness (QED) is 0.925. The van der Waals surface area contributed by atoms with Gasteiger partial charge in [-0.05, 0) is 60.6 Å². The van der Waals surface area contributed by atoms with Crippen molar-refractivity contribution in [2.75, 3.05) is 32.7 Å². The maximum atomic E-state index is 4.42. The standard InChI is InChI=1S/C14H23BrN4/c15-13-9-17-19(11-13)14-3-6-18(7-4-14)10-12-2-1-5-16-8-12/h9,11-12,14,16H,1-8,10H2. The highest BCUT2D eigenvalue weighted by Gasteiger charge is 2.23. The van der Waals surface area contributed by atoms with Crippen LogP contribution in [-0.2, 0) is 0 Å². The summed E-state index contributed by atoms with van der Waals surface area (Å²) in [6, 6.07) is 0.590. The number of likely N-dealkylation sites (tertiary alicyclic amines) is 1. The lowest BCUT2D eigenvalue weighted by Gasteiger charge is -2.35. The second-order valence-corrected chi connectivity index (χ2v) is 6.80. The molecule has 0 radical (unpaired) electrons. The number of nitrogens with one attached hydrogen (secondary N) is 1.